The van der Waals surface area contributed by atoms with Crippen molar-refractivity contribution in [1.82, 2.24) is 0 Å². The predicted molar refractivity (Wildman–Crippen MR) is 49.7 cm³/mol. The van der Waals surface area contributed by atoms with E-state index >= 15 is 0 Å². The van der Waals surface area contributed by atoms with Crippen LogP contribution in [0.25, 0.3) is 0 Å². The van der Waals surface area contributed by atoms with Crippen LogP contribution in [0, 0.1) is 37.7 Å². The SMILES string of the molecule is CO[C@@H]1[CH-]O[C@H](/C=C/P(=O)([O-])OC)C1O.[U]. The van der Waals surface area contributed by atoms with E-state index in [2.05, 4.69) is 4.52 Å². The van der Waals surface area contributed by atoms with Crippen molar-refractivity contribution < 1.29 is 59.7 Å². The first-order valence-corrected chi connectivity index (χ1v) is 5.87. The molecule has 0 radical (unpaired) electrons. The van der Waals surface area contributed by atoms with E-state index in [1.54, 1.807) is 0 Å². The van der Waals surface area contributed by atoms with Gasteiger partial charge in [0.05, 0.1) is 12.2 Å². The molecule has 16 heavy (non-hydrogen) atoms. The first kappa shape index (κ1) is 16.8. The van der Waals surface area contributed by atoms with Gasteiger partial charge >= 0.3 is 0 Å². The molecule has 4 atom stereocenters. The van der Waals surface area contributed by atoms with Gasteiger partial charge in [-0.3, -0.25) is 0 Å². The van der Waals surface area contributed by atoms with Gasteiger partial charge in [0.15, 0.2) is 7.60 Å². The maximum Gasteiger partial charge on any atom is 0.157 e. The van der Waals surface area contributed by atoms with Gasteiger partial charge in [0, 0.05) is 45.3 Å². The fourth-order valence-corrected chi connectivity index (χ4v) is 1.62. The molecule has 0 spiro atoms. The molecule has 0 amide bonds. The van der Waals surface area contributed by atoms with Gasteiger partial charge in [0.25, 0.3) is 0 Å². The molecule has 0 saturated carbocycles. The van der Waals surface area contributed by atoms with Gasteiger partial charge in [0.1, 0.15) is 0 Å². The van der Waals surface area contributed by atoms with Crippen molar-refractivity contribution in [2.45, 2.75) is 18.3 Å². The zero-order valence-corrected chi connectivity index (χ0v) is 14.0. The van der Waals surface area contributed by atoms with Gasteiger partial charge in [-0.05, 0) is 11.9 Å². The molecule has 6 nitrogen and oxygen atoms in total. The second-order valence-electron chi connectivity index (χ2n) is 2.99. The molecule has 0 aromatic heterocycles. The van der Waals surface area contributed by atoms with Crippen molar-refractivity contribution in [2.24, 2.45) is 0 Å². The van der Waals surface area contributed by atoms with Crippen molar-refractivity contribution in [1.29, 1.82) is 0 Å². The van der Waals surface area contributed by atoms with Crippen LogP contribution in [-0.4, -0.2) is 37.6 Å². The quantitative estimate of drug-likeness (QED) is 0.443. The topological polar surface area (TPSA) is 88.1 Å². The first-order valence-electron chi connectivity index (χ1n) is 4.25. The molecule has 1 aliphatic rings. The van der Waals surface area contributed by atoms with E-state index in [0.29, 0.717) is 0 Å². The number of methoxy groups -OCH3 is 1. The fourth-order valence-electron chi connectivity index (χ4n) is 1.12. The Kier molecular flexibility index (Phi) is 7.67. The second-order valence-corrected chi connectivity index (χ2v) is 4.73. The summed E-state index contributed by atoms with van der Waals surface area (Å²) in [5, 5.41) is 9.55. The summed E-state index contributed by atoms with van der Waals surface area (Å²) in [5.74, 6) is 0.868. The van der Waals surface area contributed by atoms with Crippen LogP contribution in [0.3, 0.4) is 0 Å². The van der Waals surface area contributed by atoms with Crippen molar-refractivity contribution in [2.75, 3.05) is 14.2 Å². The number of hydrogen-bond donors (Lipinski definition) is 1. The summed E-state index contributed by atoms with van der Waals surface area (Å²) in [4.78, 5) is 11.0. The van der Waals surface area contributed by atoms with Crippen LogP contribution in [0.4, 0.5) is 0 Å². The Hall–Kier alpha value is 0.822. The van der Waals surface area contributed by atoms with Gasteiger partial charge in [-0.25, -0.2) is 0 Å². The summed E-state index contributed by atoms with van der Waals surface area (Å²) in [6, 6.07) is 0. The average Bonchev–Trinajstić information content (AvgIpc) is 2.57. The molecular weight excluding hydrogens is 461 g/mol. The van der Waals surface area contributed by atoms with Crippen LogP contribution in [-0.2, 0) is 18.6 Å². The maximum absolute atomic E-state index is 11.0. The van der Waals surface area contributed by atoms with Gasteiger partial charge in [0.2, 0.25) is 0 Å². The summed E-state index contributed by atoms with van der Waals surface area (Å²) >= 11 is 0. The number of hydrogen-bond acceptors (Lipinski definition) is 6. The van der Waals surface area contributed by atoms with Crippen LogP contribution in [0.5, 0.6) is 0 Å². The van der Waals surface area contributed by atoms with Crippen molar-refractivity contribution in [3.63, 3.8) is 0 Å². The summed E-state index contributed by atoms with van der Waals surface area (Å²) in [6.45, 7) is 1.32. The number of rotatable bonds is 4. The van der Waals surface area contributed by atoms with E-state index in [9.17, 15) is 14.6 Å². The molecule has 2 unspecified atom stereocenters. The maximum atomic E-state index is 11.0. The summed E-state index contributed by atoms with van der Waals surface area (Å²) in [6.07, 6.45) is -0.971. The van der Waals surface area contributed by atoms with Crippen molar-refractivity contribution in [3.05, 3.63) is 18.5 Å². The normalized spacial score (nSPS) is 33.6. The van der Waals surface area contributed by atoms with Gasteiger partial charge in [-0.2, -0.15) is 6.61 Å². The molecule has 8 heteroatoms. The van der Waals surface area contributed by atoms with Gasteiger partial charge in [-0.15, -0.1) is 0 Å². The second kappa shape index (κ2) is 7.30. The molecule has 1 heterocycles. The number of aliphatic hydroxyl groups is 1. The minimum absolute atomic E-state index is 0. The van der Waals surface area contributed by atoms with E-state index in [4.69, 9.17) is 9.47 Å². The Morgan fingerprint density at radius 3 is 2.62 bits per heavy atom. The molecule has 0 bridgehead atoms. The largest absolute Gasteiger partial charge is 0.775 e. The van der Waals surface area contributed by atoms with Crippen LogP contribution in [0.1, 0.15) is 0 Å². The summed E-state index contributed by atoms with van der Waals surface area (Å²) < 4.78 is 25.0. The molecule has 1 fully saturated rings. The zero-order valence-electron chi connectivity index (χ0n) is 8.90. The standard InChI is InChI=1S/C8H14O6P.U/c1-12-7-5-14-6(8(7)9)3-4-15(10,11)13-2;/h3-9H,1-2H3,(H,10,11);/q-1;/p-1/b4-3+;/t6-,7-,8?;/m1./s1. The number of ether oxygens (including phenoxy) is 2. The minimum atomic E-state index is -3.96. The van der Waals surface area contributed by atoms with Gasteiger partial charge in [-0.1, -0.05) is 6.08 Å². The Bertz CT molecular complexity index is 284. The van der Waals surface area contributed by atoms with E-state index in [1.807, 2.05) is 0 Å². The predicted octanol–water partition coefficient (Wildman–Crippen LogP) is -0.364. The van der Waals surface area contributed by atoms with Crippen LogP contribution in [0.2, 0.25) is 0 Å². The molecule has 1 aliphatic heterocycles. The molecular formula is C8H13O6PU-2. The summed E-state index contributed by atoms with van der Waals surface area (Å²) in [5.41, 5.74) is 0. The Morgan fingerprint density at radius 1 is 1.56 bits per heavy atom. The average molecular weight is 474 g/mol. The number of aliphatic hydroxyl groups excluding tert-OH is 1. The van der Waals surface area contributed by atoms with Crippen molar-refractivity contribution in [3.8, 4) is 0 Å². The van der Waals surface area contributed by atoms with E-state index in [-0.39, 0.29) is 31.1 Å². The third kappa shape index (κ3) is 4.60. The molecule has 92 valence electrons. The minimum Gasteiger partial charge on any atom is -0.775 e. The smallest absolute Gasteiger partial charge is 0.157 e. The first-order chi connectivity index (χ1) is 7.00. The monoisotopic (exact) mass is 474 g/mol. The molecule has 1 rings (SSSR count). The zero-order chi connectivity index (χ0) is 11.5. The van der Waals surface area contributed by atoms with Crippen LogP contribution >= 0.6 is 7.60 Å². The molecule has 0 aromatic carbocycles. The van der Waals surface area contributed by atoms with E-state index in [1.165, 1.54) is 19.8 Å². The van der Waals surface area contributed by atoms with Gasteiger partial charge < -0.3 is 28.6 Å². The third-order valence-corrected chi connectivity index (χ3v) is 3.07. The van der Waals surface area contributed by atoms with Crippen LogP contribution in [0.15, 0.2) is 11.9 Å². The van der Waals surface area contributed by atoms with Crippen molar-refractivity contribution >= 4 is 7.60 Å². The van der Waals surface area contributed by atoms with Crippen LogP contribution < -0.4 is 4.89 Å². The molecule has 1 N–H and O–H groups in total. The third-order valence-electron chi connectivity index (χ3n) is 2.03. The van der Waals surface area contributed by atoms with E-state index in [0.717, 1.165) is 12.9 Å². The fraction of sp³-hybridized carbons (Fsp3) is 0.625. The van der Waals surface area contributed by atoms with E-state index < -0.39 is 25.9 Å². The molecule has 0 aliphatic carbocycles. The summed E-state index contributed by atoms with van der Waals surface area (Å²) in [7, 11) is -1.47. The molecule has 1 saturated heterocycles. The Balaban J connectivity index is 0.00000225. The Morgan fingerprint density at radius 2 is 2.19 bits per heavy atom. The molecule has 0 aromatic rings. The Labute approximate surface area is 118 Å².